The number of pyridine rings is 2. The van der Waals surface area contributed by atoms with Crippen LogP contribution in [-0.4, -0.2) is 58.9 Å². The summed E-state index contributed by atoms with van der Waals surface area (Å²) in [6.45, 7) is 3.20. The van der Waals surface area contributed by atoms with Crippen LogP contribution in [-0.2, 0) is 14.8 Å². The third-order valence-electron chi connectivity index (χ3n) is 5.88. The maximum Gasteiger partial charge on any atom is 0.287 e. The van der Waals surface area contributed by atoms with Gasteiger partial charge in [0.05, 0.1) is 19.4 Å². The number of H-pyrrole nitrogens is 1. The predicted octanol–water partition coefficient (Wildman–Crippen LogP) is 3.05. The molecule has 0 amide bonds. The summed E-state index contributed by atoms with van der Waals surface area (Å²) in [4.78, 5) is 14.0. The van der Waals surface area contributed by atoms with Gasteiger partial charge in [-0.05, 0) is 35.9 Å². The molecule has 1 fully saturated rings. The van der Waals surface area contributed by atoms with Gasteiger partial charge in [0.1, 0.15) is 10.5 Å². The van der Waals surface area contributed by atoms with E-state index in [9.17, 15) is 8.42 Å². The topological polar surface area (TPSA) is 106 Å². The molecular weight excluding hydrogens is 440 g/mol. The van der Waals surface area contributed by atoms with Crippen LogP contribution in [0.25, 0.3) is 33.2 Å². The first kappa shape index (κ1) is 19.9. The van der Waals surface area contributed by atoms with Crippen LogP contribution in [0.5, 0.6) is 0 Å². The molecule has 9 nitrogen and oxygen atoms in total. The molecule has 1 aromatic carbocycles. The number of rotatable bonds is 4. The fourth-order valence-corrected chi connectivity index (χ4v) is 5.52. The molecule has 0 spiro atoms. The van der Waals surface area contributed by atoms with Gasteiger partial charge in [-0.2, -0.15) is 13.5 Å². The number of aromatic nitrogens is 5. The van der Waals surface area contributed by atoms with Crippen molar-refractivity contribution < 1.29 is 13.2 Å². The van der Waals surface area contributed by atoms with Crippen LogP contribution in [0.4, 0.5) is 5.69 Å². The van der Waals surface area contributed by atoms with Crippen molar-refractivity contribution >= 4 is 37.8 Å². The zero-order valence-electron chi connectivity index (χ0n) is 17.5. The largest absolute Gasteiger partial charge is 0.378 e. The van der Waals surface area contributed by atoms with Crippen molar-refractivity contribution in [3.8, 4) is 11.1 Å². The summed E-state index contributed by atoms with van der Waals surface area (Å²) in [5, 5.41) is 5.24. The molecule has 5 heterocycles. The zero-order valence-corrected chi connectivity index (χ0v) is 18.4. The summed E-state index contributed by atoms with van der Waals surface area (Å²) in [5.41, 5.74) is 3.70. The maximum absolute atomic E-state index is 13.4. The van der Waals surface area contributed by atoms with Gasteiger partial charge in [0, 0.05) is 53.7 Å². The van der Waals surface area contributed by atoms with E-state index in [0.717, 1.165) is 47.2 Å². The van der Waals surface area contributed by atoms with E-state index in [0.29, 0.717) is 16.4 Å². The van der Waals surface area contributed by atoms with Crippen LogP contribution in [0, 0.1) is 0 Å². The Labute approximate surface area is 189 Å². The van der Waals surface area contributed by atoms with E-state index in [1.165, 1.54) is 12.4 Å². The number of morpholine rings is 1. The summed E-state index contributed by atoms with van der Waals surface area (Å²) >= 11 is 0. The minimum atomic E-state index is -3.97. The zero-order chi connectivity index (χ0) is 22.4. The molecule has 0 unspecified atom stereocenters. The van der Waals surface area contributed by atoms with Gasteiger partial charge >= 0.3 is 0 Å². The molecule has 166 valence electrons. The van der Waals surface area contributed by atoms with Crippen molar-refractivity contribution in [1.29, 1.82) is 0 Å². The van der Waals surface area contributed by atoms with E-state index in [1.807, 2.05) is 18.2 Å². The predicted molar refractivity (Wildman–Crippen MR) is 125 cm³/mol. The van der Waals surface area contributed by atoms with Gasteiger partial charge in [-0.1, -0.05) is 12.1 Å². The molecule has 0 aliphatic carbocycles. The molecule has 1 aliphatic heterocycles. The lowest BCUT2D eigenvalue weighted by Crippen LogP contribution is -2.36. The van der Waals surface area contributed by atoms with Crippen LogP contribution in [0.1, 0.15) is 0 Å². The minimum Gasteiger partial charge on any atom is -0.378 e. The van der Waals surface area contributed by atoms with Gasteiger partial charge < -0.3 is 14.6 Å². The quantitative estimate of drug-likeness (QED) is 0.439. The first-order valence-corrected chi connectivity index (χ1v) is 12.0. The summed E-state index contributed by atoms with van der Waals surface area (Å²) in [6.07, 6.45) is 6.23. The van der Waals surface area contributed by atoms with Crippen LogP contribution in [0.2, 0.25) is 0 Å². The van der Waals surface area contributed by atoms with E-state index in [1.54, 1.807) is 24.5 Å². The van der Waals surface area contributed by atoms with Crippen molar-refractivity contribution in [3.05, 3.63) is 67.3 Å². The molecule has 0 atom stereocenters. The first-order valence-electron chi connectivity index (χ1n) is 10.6. The van der Waals surface area contributed by atoms with E-state index < -0.39 is 10.0 Å². The van der Waals surface area contributed by atoms with Crippen LogP contribution < -0.4 is 4.90 Å². The number of nitrogens with zero attached hydrogens (tertiary/aromatic N) is 5. The number of fused-ring (bicyclic) bond motifs is 2. The minimum absolute atomic E-state index is 0.104. The third-order valence-corrected chi connectivity index (χ3v) is 7.49. The Morgan fingerprint density at radius 3 is 2.61 bits per heavy atom. The second-order valence-corrected chi connectivity index (χ2v) is 9.56. The second kappa shape index (κ2) is 7.68. The fraction of sp³-hybridized carbons (Fsp3) is 0.174. The number of nitrogens with one attached hydrogen (secondary N) is 1. The SMILES string of the molecule is O=S(=O)(c1c[nH]c2ncc(-c3ccc(N4CCOCC4)cc3)cc12)n1ncc2cccnc21. The fourth-order valence-electron chi connectivity index (χ4n) is 4.15. The molecule has 10 heteroatoms. The Balaban J connectivity index is 1.40. The van der Waals surface area contributed by atoms with Crippen molar-refractivity contribution in [2.24, 2.45) is 0 Å². The Hall–Kier alpha value is -3.76. The summed E-state index contributed by atoms with van der Waals surface area (Å²) in [7, 11) is -3.97. The summed E-state index contributed by atoms with van der Waals surface area (Å²) in [5.74, 6) is 0. The van der Waals surface area contributed by atoms with Crippen molar-refractivity contribution in [3.63, 3.8) is 0 Å². The second-order valence-electron chi connectivity index (χ2n) is 7.83. The van der Waals surface area contributed by atoms with E-state index in [4.69, 9.17) is 4.74 Å². The molecular formula is C23H20N6O3S. The van der Waals surface area contributed by atoms with Crippen LogP contribution in [0.15, 0.2) is 72.1 Å². The standard InChI is InChI=1S/C23H20N6O3S/c30-33(31,29-23-17(14-27-29)2-1-7-24-23)21-15-26-22-20(21)12-18(13-25-22)16-3-5-19(6-4-16)28-8-10-32-11-9-28/h1-7,12-15H,8-11H2,(H,25,26). The average molecular weight is 461 g/mol. The Morgan fingerprint density at radius 2 is 1.79 bits per heavy atom. The summed E-state index contributed by atoms with van der Waals surface area (Å²) < 4.78 is 33.3. The highest BCUT2D eigenvalue weighted by molar-refractivity contribution is 7.90. The van der Waals surface area contributed by atoms with Crippen molar-refractivity contribution in [2.75, 3.05) is 31.2 Å². The highest BCUT2D eigenvalue weighted by atomic mass is 32.2. The molecule has 33 heavy (non-hydrogen) atoms. The molecule has 6 rings (SSSR count). The first-order chi connectivity index (χ1) is 16.1. The van der Waals surface area contributed by atoms with E-state index in [2.05, 4.69) is 37.1 Å². The number of anilines is 1. The number of aromatic amines is 1. The molecule has 4 aromatic heterocycles. The number of benzene rings is 1. The number of hydrogen-bond donors (Lipinski definition) is 1. The van der Waals surface area contributed by atoms with Gasteiger partial charge in [0.15, 0.2) is 5.65 Å². The lowest BCUT2D eigenvalue weighted by atomic mass is 10.1. The normalized spacial score (nSPS) is 14.8. The highest BCUT2D eigenvalue weighted by Crippen LogP contribution is 2.30. The van der Waals surface area contributed by atoms with E-state index >= 15 is 0 Å². The molecule has 1 N–H and O–H groups in total. The maximum atomic E-state index is 13.4. The van der Waals surface area contributed by atoms with Gasteiger partial charge in [0.2, 0.25) is 0 Å². The summed E-state index contributed by atoms with van der Waals surface area (Å²) in [6, 6.07) is 13.6. The number of ether oxygens (including phenoxy) is 1. The third kappa shape index (κ3) is 3.35. The molecule has 1 aliphatic rings. The van der Waals surface area contributed by atoms with Gasteiger partial charge in [-0.25, -0.2) is 9.97 Å². The Morgan fingerprint density at radius 1 is 0.970 bits per heavy atom. The lowest BCUT2D eigenvalue weighted by Gasteiger charge is -2.28. The number of hydrogen-bond acceptors (Lipinski definition) is 7. The Bertz CT molecular complexity index is 1570. The molecule has 0 radical (unpaired) electrons. The van der Waals surface area contributed by atoms with Crippen LogP contribution >= 0.6 is 0 Å². The highest BCUT2D eigenvalue weighted by Gasteiger charge is 2.25. The molecule has 5 aromatic rings. The van der Waals surface area contributed by atoms with Gasteiger partial charge in [0.25, 0.3) is 10.0 Å². The average Bonchev–Trinajstić information content (AvgIpc) is 3.49. The monoisotopic (exact) mass is 460 g/mol. The Kier molecular flexibility index (Phi) is 4.63. The van der Waals surface area contributed by atoms with E-state index in [-0.39, 0.29) is 10.5 Å². The van der Waals surface area contributed by atoms with Crippen molar-refractivity contribution in [1.82, 2.24) is 24.1 Å². The van der Waals surface area contributed by atoms with Gasteiger partial charge in [-0.3, -0.25) is 0 Å². The van der Waals surface area contributed by atoms with Gasteiger partial charge in [-0.15, -0.1) is 4.09 Å². The molecule has 0 saturated carbocycles. The van der Waals surface area contributed by atoms with Crippen molar-refractivity contribution in [2.45, 2.75) is 4.90 Å². The smallest absolute Gasteiger partial charge is 0.287 e. The lowest BCUT2D eigenvalue weighted by molar-refractivity contribution is 0.122. The molecule has 1 saturated heterocycles. The molecule has 0 bridgehead atoms. The van der Waals surface area contributed by atoms with Crippen LogP contribution in [0.3, 0.4) is 0 Å².